The highest BCUT2D eigenvalue weighted by Gasteiger charge is 2.60. The van der Waals surface area contributed by atoms with Crippen molar-refractivity contribution in [3.63, 3.8) is 0 Å². The van der Waals surface area contributed by atoms with Crippen molar-refractivity contribution in [3.05, 3.63) is 305 Å². The van der Waals surface area contributed by atoms with Gasteiger partial charge in [0, 0.05) is 16.9 Å². The van der Waals surface area contributed by atoms with Crippen molar-refractivity contribution in [1.82, 2.24) is 0 Å². The molecule has 3 aliphatic rings. The standard InChI is InChI=1S/C66H43N/c1-2-18-44(19-3-1)45-36-40-48(41-37-45)67(49-42-38-47(39-43-49)51-27-16-21-46-20-4-5-22-50(46)51)63-35-17-34-62-64(63)66(58-30-12-8-25-54(58)55-26-9-13-31-59(55)66)61-33-15-14-32-60(61)65(62)56-28-10-6-23-52(56)53-24-7-11-29-57(53)65/h1-43H. The molecule has 0 aromatic heterocycles. The van der Waals surface area contributed by atoms with Crippen LogP contribution in [0.2, 0.25) is 0 Å². The largest absolute Gasteiger partial charge is 0.310 e. The van der Waals surface area contributed by atoms with Gasteiger partial charge in [0.1, 0.15) is 0 Å². The smallest absolute Gasteiger partial charge is 0.0740 e. The van der Waals surface area contributed by atoms with Crippen LogP contribution in [0.3, 0.4) is 0 Å². The van der Waals surface area contributed by atoms with E-state index in [4.69, 9.17) is 0 Å². The van der Waals surface area contributed by atoms with Crippen molar-refractivity contribution in [2.75, 3.05) is 4.90 Å². The topological polar surface area (TPSA) is 3.24 Å². The fraction of sp³-hybridized carbons (Fsp3) is 0.0303. The van der Waals surface area contributed by atoms with Crippen molar-refractivity contribution in [3.8, 4) is 44.5 Å². The Morgan fingerprint density at radius 2 is 0.627 bits per heavy atom. The Balaban J connectivity index is 1.11. The van der Waals surface area contributed by atoms with Gasteiger partial charge in [0.15, 0.2) is 0 Å². The Hall–Kier alpha value is -8.52. The van der Waals surface area contributed by atoms with E-state index < -0.39 is 10.8 Å². The van der Waals surface area contributed by atoms with E-state index in [1.165, 1.54) is 99.8 Å². The van der Waals surface area contributed by atoms with Gasteiger partial charge in [-0.2, -0.15) is 0 Å². The lowest BCUT2D eigenvalue weighted by Gasteiger charge is -2.50. The predicted octanol–water partition coefficient (Wildman–Crippen LogP) is 16.7. The average molecular weight is 850 g/mol. The van der Waals surface area contributed by atoms with Gasteiger partial charge in [0.05, 0.1) is 16.5 Å². The summed E-state index contributed by atoms with van der Waals surface area (Å²) in [6.45, 7) is 0. The van der Waals surface area contributed by atoms with Crippen LogP contribution in [0.25, 0.3) is 55.3 Å². The first-order valence-corrected chi connectivity index (χ1v) is 23.4. The third-order valence-corrected chi connectivity index (χ3v) is 15.2. The molecular weight excluding hydrogens is 807 g/mol. The van der Waals surface area contributed by atoms with E-state index in [1.807, 2.05) is 0 Å². The summed E-state index contributed by atoms with van der Waals surface area (Å²) in [5.41, 5.74) is 22.7. The summed E-state index contributed by atoms with van der Waals surface area (Å²) in [6, 6.07) is 97.8. The molecule has 1 heteroatoms. The number of anilines is 3. The summed E-state index contributed by atoms with van der Waals surface area (Å²) in [5.74, 6) is 0. The minimum absolute atomic E-state index is 0.589. The molecule has 0 atom stereocenters. The van der Waals surface area contributed by atoms with Gasteiger partial charge in [-0.1, -0.05) is 231 Å². The number of rotatable bonds is 5. The molecular formula is C66H43N. The summed E-state index contributed by atoms with van der Waals surface area (Å²) in [4.78, 5) is 2.54. The van der Waals surface area contributed by atoms with Gasteiger partial charge in [-0.05, 0) is 125 Å². The normalized spacial score (nSPS) is 13.9. The van der Waals surface area contributed by atoms with Crippen LogP contribution in [0.5, 0.6) is 0 Å². The molecule has 11 aromatic carbocycles. The minimum Gasteiger partial charge on any atom is -0.310 e. The van der Waals surface area contributed by atoms with Gasteiger partial charge < -0.3 is 4.90 Å². The van der Waals surface area contributed by atoms with E-state index in [2.05, 4.69) is 266 Å². The number of hydrogen-bond acceptors (Lipinski definition) is 1. The Morgan fingerprint density at radius 3 is 1.21 bits per heavy atom. The van der Waals surface area contributed by atoms with E-state index in [1.54, 1.807) is 0 Å². The van der Waals surface area contributed by atoms with Crippen molar-refractivity contribution in [2.24, 2.45) is 0 Å². The van der Waals surface area contributed by atoms with Gasteiger partial charge in [0.25, 0.3) is 0 Å². The molecule has 3 aliphatic carbocycles. The lowest BCUT2D eigenvalue weighted by Crippen LogP contribution is -2.44. The molecule has 1 nitrogen and oxygen atoms in total. The molecule has 0 aliphatic heterocycles. The summed E-state index contributed by atoms with van der Waals surface area (Å²) < 4.78 is 0. The lowest BCUT2D eigenvalue weighted by molar-refractivity contribution is 0.633. The van der Waals surface area contributed by atoms with E-state index in [0.717, 1.165) is 17.1 Å². The maximum atomic E-state index is 2.54. The molecule has 0 saturated heterocycles. The summed E-state index contributed by atoms with van der Waals surface area (Å²) in [6.07, 6.45) is 0. The molecule has 11 aromatic rings. The Bertz CT molecular complexity index is 3650. The second-order valence-electron chi connectivity index (χ2n) is 18.2. The van der Waals surface area contributed by atoms with E-state index >= 15 is 0 Å². The van der Waals surface area contributed by atoms with Gasteiger partial charge in [-0.15, -0.1) is 0 Å². The molecule has 14 rings (SSSR count). The lowest BCUT2D eigenvalue weighted by atomic mass is 9.52. The van der Waals surface area contributed by atoms with Crippen LogP contribution < -0.4 is 4.90 Å². The molecule has 312 valence electrons. The van der Waals surface area contributed by atoms with E-state index in [-0.39, 0.29) is 0 Å². The molecule has 2 spiro atoms. The van der Waals surface area contributed by atoms with Gasteiger partial charge in [-0.25, -0.2) is 0 Å². The fourth-order valence-electron chi connectivity index (χ4n) is 12.6. The molecule has 0 saturated carbocycles. The van der Waals surface area contributed by atoms with Crippen molar-refractivity contribution in [1.29, 1.82) is 0 Å². The highest BCUT2D eigenvalue weighted by molar-refractivity contribution is 5.99. The quantitative estimate of drug-likeness (QED) is 0.167. The zero-order valence-corrected chi connectivity index (χ0v) is 36.8. The average Bonchev–Trinajstić information content (AvgIpc) is 3.87. The summed E-state index contributed by atoms with van der Waals surface area (Å²) in [7, 11) is 0. The molecule has 67 heavy (non-hydrogen) atoms. The molecule has 0 heterocycles. The zero-order valence-electron chi connectivity index (χ0n) is 36.8. The van der Waals surface area contributed by atoms with Gasteiger partial charge >= 0.3 is 0 Å². The molecule has 0 N–H and O–H groups in total. The molecule has 0 bridgehead atoms. The van der Waals surface area contributed by atoms with Gasteiger partial charge in [-0.3, -0.25) is 0 Å². The van der Waals surface area contributed by atoms with Crippen LogP contribution >= 0.6 is 0 Å². The second kappa shape index (κ2) is 14.5. The molecule has 0 radical (unpaired) electrons. The third kappa shape index (κ3) is 5.14. The van der Waals surface area contributed by atoms with Crippen LogP contribution in [0, 0.1) is 0 Å². The van der Waals surface area contributed by atoms with Crippen LogP contribution in [-0.4, -0.2) is 0 Å². The molecule has 0 fully saturated rings. The Labute approximate surface area is 391 Å². The number of benzene rings is 11. The van der Waals surface area contributed by atoms with Crippen molar-refractivity contribution in [2.45, 2.75) is 10.8 Å². The SMILES string of the molecule is c1ccc(-c2ccc(N(c3ccc(-c4cccc5ccccc45)cc3)c3cccc4c3C3(c5ccccc5-c5ccccc53)c3ccccc3C43c4ccccc4-c4ccccc43)cc2)cc1. The first kappa shape index (κ1) is 37.8. The highest BCUT2D eigenvalue weighted by atomic mass is 15.1. The maximum Gasteiger partial charge on any atom is 0.0740 e. The van der Waals surface area contributed by atoms with Crippen LogP contribution in [0.15, 0.2) is 261 Å². The van der Waals surface area contributed by atoms with Gasteiger partial charge in [0.2, 0.25) is 0 Å². The Morgan fingerprint density at radius 1 is 0.239 bits per heavy atom. The number of nitrogens with zero attached hydrogens (tertiary/aromatic N) is 1. The Kier molecular flexibility index (Phi) is 8.18. The first-order chi connectivity index (χ1) is 33.3. The first-order valence-electron chi connectivity index (χ1n) is 23.4. The highest BCUT2D eigenvalue weighted by Crippen LogP contribution is 2.69. The van der Waals surface area contributed by atoms with Crippen LogP contribution in [0.1, 0.15) is 44.5 Å². The number of fused-ring (bicyclic) bond motifs is 17. The monoisotopic (exact) mass is 849 g/mol. The second-order valence-corrected chi connectivity index (χ2v) is 18.2. The third-order valence-electron chi connectivity index (χ3n) is 15.2. The minimum atomic E-state index is -0.654. The van der Waals surface area contributed by atoms with Crippen molar-refractivity contribution < 1.29 is 0 Å². The molecule has 0 amide bonds. The predicted molar refractivity (Wildman–Crippen MR) is 278 cm³/mol. The maximum absolute atomic E-state index is 2.54. The summed E-state index contributed by atoms with van der Waals surface area (Å²) >= 11 is 0. The van der Waals surface area contributed by atoms with E-state index in [9.17, 15) is 0 Å². The van der Waals surface area contributed by atoms with Crippen LogP contribution in [-0.2, 0) is 10.8 Å². The van der Waals surface area contributed by atoms with Crippen LogP contribution in [0.4, 0.5) is 17.1 Å². The van der Waals surface area contributed by atoms with E-state index in [0.29, 0.717) is 0 Å². The fourth-order valence-corrected chi connectivity index (χ4v) is 12.6. The summed E-state index contributed by atoms with van der Waals surface area (Å²) in [5, 5.41) is 2.50. The number of hydrogen-bond donors (Lipinski definition) is 0. The van der Waals surface area contributed by atoms with Crippen molar-refractivity contribution >= 4 is 27.8 Å². The molecule has 0 unspecified atom stereocenters. The zero-order chi connectivity index (χ0) is 44.1.